The van der Waals surface area contributed by atoms with Crippen LogP contribution in [-0.2, 0) is 11.3 Å². The third-order valence-electron chi connectivity index (χ3n) is 4.07. The first-order valence-corrected chi connectivity index (χ1v) is 8.57. The van der Waals surface area contributed by atoms with Gasteiger partial charge in [-0.25, -0.2) is 9.07 Å². The SMILES string of the molecule is Cc1ccc(NC(=O)CCCn2nc(-c3ccncc3)ccc2=O)cc1F. The molecule has 0 spiro atoms. The molecule has 0 unspecified atom stereocenters. The van der Waals surface area contributed by atoms with E-state index in [1.165, 1.54) is 16.8 Å². The molecule has 0 saturated heterocycles. The van der Waals surface area contributed by atoms with E-state index in [4.69, 9.17) is 0 Å². The van der Waals surface area contributed by atoms with Gasteiger partial charge < -0.3 is 5.32 Å². The van der Waals surface area contributed by atoms with Crippen molar-refractivity contribution in [1.82, 2.24) is 14.8 Å². The van der Waals surface area contributed by atoms with Crippen LogP contribution < -0.4 is 10.9 Å². The molecule has 1 N–H and O–H groups in total. The van der Waals surface area contributed by atoms with E-state index in [1.807, 2.05) is 12.1 Å². The first-order chi connectivity index (χ1) is 13.0. The first-order valence-electron chi connectivity index (χ1n) is 8.57. The zero-order valence-corrected chi connectivity index (χ0v) is 14.9. The van der Waals surface area contributed by atoms with Crippen LogP contribution in [0.5, 0.6) is 0 Å². The molecule has 0 bridgehead atoms. The fourth-order valence-electron chi connectivity index (χ4n) is 2.57. The monoisotopic (exact) mass is 366 g/mol. The Kier molecular flexibility index (Phi) is 5.71. The van der Waals surface area contributed by atoms with Crippen LogP contribution in [0.15, 0.2) is 59.7 Å². The van der Waals surface area contributed by atoms with E-state index in [2.05, 4.69) is 15.4 Å². The second-order valence-electron chi connectivity index (χ2n) is 6.13. The summed E-state index contributed by atoms with van der Waals surface area (Å²) < 4.78 is 14.9. The Morgan fingerprint density at radius 3 is 2.67 bits per heavy atom. The van der Waals surface area contributed by atoms with Crippen molar-refractivity contribution >= 4 is 11.6 Å². The van der Waals surface area contributed by atoms with Gasteiger partial charge in [0.2, 0.25) is 5.91 Å². The van der Waals surface area contributed by atoms with Gasteiger partial charge in [-0.05, 0) is 49.2 Å². The smallest absolute Gasteiger partial charge is 0.266 e. The van der Waals surface area contributed by atoms with Crippen molar-refractivity contribution in [2.75, 3.05) is 5.32 Å². The third kappa shape index (κ3) is 4.84. The maximum absolute atomic E-state index is 13.5. The maximum atomic E-state index is 13.5. The van der Waals surface area contributed by atoms with Gasteiger partial charge in [-0.2, -0.15) is 5.10 Å². The highest BCUT2D eigenvalue weighted by Gasteiger charge is 2.07. The Morgan fingerprint density at radius 1 is 1.15 bits per heavy atom. The van der Waals surface area contributed by atoms with E-state index >= 15 is 0 Å². The Bertz CT molecular complexity index is 1000. The quantitative estimate of drug-likeness (QED) is 0.727. The Hall–Kier alpha value is -3.35. The number of hydrogen-bond donors (Lipinski definition) is 1. The highest BCUT2D eigenvalue weighted by Crippen LogP contribution is 2.15. The lowest BCUT2D eigenvalue weighted by molar-refractivity contribution is -0.116. The van der Waals surface area contributed by atoms with E-state index < -0.39 is 0 Å². The molecule has 3 aromatic rings. The van der Waals surface area contributed by atoms with Crippen molar-refractivity contribution in [3.63, 3.8) is 0 Å². The molecule has 0 aliphatic heterocycles. The van der Waals surface area contributed by atoms with Crippen molar-refractivity contribution in [3.8, 4) is 11.3 Å². The number of nitrogens with one attached hydrogen (secondary N) is 1. The molecule has 1 aromatic carbocycles. The number of hydrogen-bond acceptors (Lipinski definition) is 4. The van der Waals surface area contributed by atoms with Crippen LogP contribution in [0.25, 0.3) is 11.3 Å². The van der Waals surface area contributed by atoms with Gasteiger partial charge in [-0.3, -0.25) is 14.6 Å². The van der Waals surface area contributed by atoms with Gasteiger partial charge in [0, 0.05) is 42.7 Å². The fraction of sp³-hybridized carbons (Fsp3) is 0.200. The maximum Gasteiger partial charge on any atom is 0.266 e. The molecule has 7 heteroatoms. The first kappa shape index (κ1) is 18.4. The molecule has 3 rings (SSSR count). The number of carbonyl (C=O) groups excluding carboxylic acids is 1. The number of amides is 1. The minimum atomic E-state index is -0.364. The summed E-state index contributed by atoms with van der Waals surface area (Å²) in [6.07, 6.45) is 3.95. The molecule has 0 aliphatic carbocycles. The predicted octanol–water partition coefficient (Wildman–Crippen LogP) is 3.17. The summed E-state index contributed by atoms with van der Waals surface area (Å²) in [6, 6.07) is 11.3. The van der Waals surface area contributed by atoms with Gasteiger partial charge in [0.1, 0.15) is 5.82 Å². The number of anilines is 1. The number of halogens is 1. The van der Waals surface area contributed by atoms with Gasteiger partial charge in [-0.1, -0.05) is 6.07 Å². The summed E-state index contributed by atoms with van der Waals surface area (Å²) in [5.74, 6) is -0.604. The van der Waals surface area contributed by atoms with Crippen molar-refractivity contribution < 1.29 is 9.18 Å². The highest BCUT2D eigenvalue weighted by atomic mass is 19.1. The summed E-state index contributed by atoms with van der Waals surface area (Å²) in [7, 11) is 0. The number of aromatic nitrogens is 3. The van der Waals surface area contributed by atoms with E-state index in [1.54, 1.807) is 37.5 Å². The minimum absolute atomic E-state index is 0.198. The summed E-state index contributed by atoms with van der Waals surface area (Å²) in [4.78, 5) is 28.0. The van der Waals surface area contributed by atoms with E-state index in [0.29, 0.717) is 29.9 Å². The molecule has 27 heavy (non-hydrogen) atoms. The average molecular weight is 366 g/mol. The van der Waals surface area contributed by atoms with Crippen molar-refractivity contribution in [2.45, 2.75) is 26.3 Å². The second-order valence-corrected chi connectivity index (χ2v) is 6.13. The molecule has 0 atom stereocenters. The molecule has 0 aliphatic rings. The van der Waals surface area contributed by atoms with Crippen LogP contribution in [-0.4, -0.2) is 20.7 Å². The number of pyridine rings is 1. The molecule has 0 saturated carbocycles. The predicted molar refractivity (Wildman–Crippen MR) is 101 cm³/mol. The van der Waals surface area contributed by atoms with E-state index in [-0.39, 0.29) is 23.7 Å². The molecule has 0 fully saturated rings. The van der Waals surface area contributed by atoms with Gasteiger partial charge in [0.05, 0.1) is 5.69 Å². The normalized spacial score (nSPS) is 10.6. The van der Waals surface area contributed by atoms with Crippen LogP contribution in [0.2, 0.25) is 0 Å². The van der Waals surface area contributed by atoms with Crippen molar-refractivity contribution in [2.24, 2.45) is 0 Å². The topological polar surface area (TPSA) is 76.9 Å². The molecular weight excluding hydrogens is 347 g/mol. The second kappa shape index (κ2) is 8.35. The van der Waals surface area contributed by atoms with Crippen LogP contribution in [0.1, 0.15) is 18.4 Å². The molecule has 138 valence electrons. The Balaban J connectivity index is 1.59. The minimum Gasteiger partial charge on any atom is -0.326 e. The lowest BCUT2D eigenvalue weighted by Gasteiger charge is -2.08. The summed E-state index contributed by atoms with van der Waals surface area (Å²) in [5.41, 5.74) is 2.23. The third-order valence-corrected chi connectivity index (χ3v) is 4.07. The molecule has 0 radical (unpaired) electrons. The summed E-state index contributed by atoms with van der Waals surface area (Å²) >= 11 is 0. The van der Waals surface area contributed by atoms with Gasteiger partial charge in [0.25, 0.3) is 5.56 Å². The number of aryl methyl sites for hydroxylation is 2. The standard InChI is InChI=1S/C20H19FN4O2/c1-14-4-5-16(13-17(14)21)23-19(26)3-2-12-25-20(27)7-6-18(24-25)15-8-10-22-11-9-15/h4-11,13H,2-3,12H2,1H3,(H,23,26). The molecule has 1 amide bonds. The lowest BCUT2D eigenvalue weighted by Crippen LogP contribution is -2.23. The highest BCUT2D eigenvalue weighted by molar-refractivity contribution is 5.90. The van der Waals surface area contributed by atoms with Gasteiger partial charge in [0.15, 0.2) is 0 Å². The largest absolute Gasteiger partial charge is 0.326 e. The lowest BCUT2D eigenvalue weighted by atomic mass is 10.2. The number of rotatable bonds is 6. The zero-order chi connectivity index (χ0) is 19.2. The molecule has 2 heterocycles. The zero-order valence-electron chi connectivity index (χ0n) is 14.9. The van der Waals surface area contributed by atoms with Crippen LogP contribution in [0, 0.1) is 12.7 Å². The van der Waals surface area contributed by atoms with E-state index in [0.717, 1.165) is 5.56 Å². The number of nitrogens with zero attached hydrogens (tertiary/aromatic N) is 3. The molecule has 6 nitrogen and oxygen atoms in total. The van der Waals surface area contributed by atoms with Crippen LogP contribution in [0.4, 0.5) is 10.1 Å². The van der Waals surface area contributed by atoms with Gasteiger partial charge >= 0.3 is 0 Å². The number of carbonyl (C=O) groups is 1. The van der Waals surface area contributed by atoms with Crippen LogP contribution in [0.3, 0.4) is 0 Å². The van der Waals surface area contributed by atoms with Gasteiger partial charge in [-0.15, -0.1) is 0 Å². The fourth-order valence-corrected chi connectivity index (χ4v) is 2.57. The molecule has 2 aromatic heterocycles. The molecular formula is C20H19FN4O2. The van der Waals surface area contributed by atoms with Crippen molar-refractivity contribution in [3.05, 3.63) is 76.6 Å². The average Bonchev–Trinajstić information content (AvgIpc) is 2.67. The Morgan fingerprint density at radius 2 is 1.93 bits per heavy atom. The van der Waals surface area contributed by atoms with Crippen LogP contribution >= 0.6 is 0 Å². The Labute approximate surface area is 155 Å². The van der Waals surface area contributed by atoms with E-state index in [9.17, 15) is 14.0 Å². The number of benzene rings is 1. The van der Waals surface area contributed by atoms with Crippen molar-refractivity contribution in [1.29, 1.82) is 0 Å². The summed E-state index contributed by atoms with van der Waals surface area (Å²) in [6.45, 7) is 1.97. The summed E-state index contributed by atoms with van der Waals surface area (Å²) in [5, 5.41) is 6.99.